The highest BCUT2D eigenvalue weighted by molar-refractivity contribution is 6.36. The predicted molar refractivity (Wildman–Crippen MR) is 81.3 cm³/mol. The number of hydrogen-bond donors (Lipinski definition) is 1. The summed E-state index contributed by atoms with van der Waals surface area (Å²) in [4.78, 5) is 7.78. The predicted octanol–water partition coefficient (Wildman–Crippen LogP) is 5.26. The lowest BCUT2D eigenvalue weighted by molar-refractivity contribution is -0.138. The Balaban J connectivity index is 2.64. The van der Waals surface area contributed by atoms with E-state index in [1.807, 2.05) is 0 Å². The van der Waals surface area contributed by atoms with Crippen LogP contribution in [0.3, 0.4) is 0 Å². The largest absolute Gasteiger partial charge is 0.408 e. The molecule has 1 atom stereocenters. The van der Waals surface area contributed by atoms with E-state index in [2.05, 4.69) is 15.3 Å². The van der Waals surface area contributed by atoms with E-state index in [4.69, 9.17) is 23.2 Å². The molecule has 2 aromatic rings. The Morgan fingerprint density at radius 2 is 1.78 bits per heavy atom. The van der Waals surface area contributed by atoms with E-state index in [1.165, 1.54) is 19.1 Å². The van der Waals surface area contributed by atoms with Gasteiger partial charge in [-0.1, -0.05) is 29.3 Å². The smallest absolute Gasteiger partial charge is 0.358 e. The van der Waals surface area contributed by atoms with Crippen LogP contribution < -0.4 is 5.32 Å². The van der Waals surface area contributed by atoms with Crippen LogP contribution in [0.1, 0.15) is 12.7 Å². The van der Waals surface area contributed by atoms with Gasteiger partial charge in [0.1, 0.15) is 28.7 Å². The molecule has 23 heavy (non-hydrogen) atoms. The highest BCUT2D eigenvalue weighted by atomic mass is 35.5. The maximum absolute atomic E-state index is 14.1. The molecule has 124 valence electrons. The van der Waals surface area contributed by atoms with E-state index < -0.39 is 18.0 Å². The number of alkyl halides is 3. The molecule has 1 aromatic carbocycles. The van der Waals surface area contributed by atoms with Crippen molar-refractivity contribution < 1.29 is 17.6 Å². The molecule has 0 radical (unpaired) electrons. The lowest BCUT2D eigenvalue weighted by Crippen LogP contribution is -2.33. The molecule has 0 bridgehead atoms. The number of halogens is 6. The minimum atomic E-state index is -4.51. The number of benzene rings is 1. The zero-order chi connectivity index (χ0) is 17.4. The first-order valence-electron chi connectivity index (χ1n) is 6.43. The Hall–Kier alpha value is -1.60. The van der Waals surface area contributed by atoms with E-state index >= 15 is 0 Å². The van der Waals surface area contributed by atoms with E-state index in [-0.39, 0.29) is 32.9 Å². The quantitative estimate of drug-likeness (QED) is 0.593. The van der Waals surface area contributed by atoms with Gasteiger partial charge in [0.25, 0.3) is 0 Å². The zero-order valence-electron chi connectivity index (χ0n) is 12.0. The van der Waals surface area contributed by atoms with E-state index in [0.29, 0.717) is 0 Å². The van der Waals surface area contributed by atoms with Crippen molar-refractivity contribution in [3.8, 4) is 11.1 Å². The standard InChI is InChI=1S/C14H11Cl2F4N3/c1-6(14(18,19)20)21-13-11(12(16)22-7(2)23-13)10-8(15)4-3-5-9(10)17/h3-6H,1-2H3,(H,21,22,23)/t6-/m0/s1. The highest BCUT2D eigenvalue weighted by Crippen LogP contribution is 2.39. The molecule has 1 heterocycles. The molecule has 0 amide bonds. The van der Waals surface area contributed by atoms with Gasteiger partial charge in [-0.2, -0.15) is 13.2 Å². The third-order valence-electron chi connectivity index (χ3n) is 3.03. The summed E-state index contributed by atoms with van der Waals surface area (Å²) in [6, 6.07) is 1.97. The summed E-state index contributed by atoms with van der Waals surface area (Å²) in [5.74, 6) is -0.836. The minimum Gasteiger partial charge on any atom is -0.358 e. The number of aryl methyl sites for hydroxylation is 1. The Morgan fingerprint density at radius 3 is 2.35 bits per heavy atom. The molecular weight excluding hydrogens is 357 g/mol. The van der Waals surface area contributed by atoms with Crippen molar-refractivity contribution in [3.63, 3.8) is 0 Å². The molecule has 0 aliphatic heterocycles. The van der Waals surface area contributed by atoms with Crippen LogP contribution in [0, 0.1) is 12.7 Å². The molecule has 0 fully saturated rings. The Kier molecular flexibility index (Phi) is 5.01. The maximum Gasteiger partial charge on any atom is 0.408 e. The normalized spacial score (nSPS) is 13.0. The summed E-state index contributed by atoms with van der Waals surface area (Å²) < 4.78 is 52.5. The molecule has 0 unspecified atom stereocenters. The second-order valence-corrected chi connectivity index (χ2v) is 5.55. The Bertz CT molecular complexity index is 714. The zero-order valence-corrected chi connectivity index (χ0v) is 13.5. The number of nitrogens with zero attached hydrogens (tertiary/aromatic N) is 2. The monoisotopic (exact) mass is 367 g/mol. The van der Waals surface area contributed by atoms with Gasteiger partial charge >= 0.3 is 6.18 Å². The first-order valence-corrected chi connectivity index (χ1v) is 7.18. The summed E-state index contributed by atoms with van der Waals surface area (Å²) in [7, 11) is 0. The van der Waals surface area contributed by atoms with Gasteiger partial charge in [0.15, 0.2) is 0 Å². The minimum absolute atomic E-state index is 0.0120. The van der Waals surface area contributed by atoms with Crippen molar-refractivity contribution in [3.05, 3.63) is 40.0 Å². The number of hydrogen-bond acceptors (Lipinski definition) is 3. The average Bonchev–Trinajstić information content (AvgIpc) is 2.39. The fourth-order valence-corrected chi connectivity index (χ4v) is 2.45. The van der Waals surface area contributed by atoms with Crippen molar-refractivity contribution in [2.24, 2.45) is 0 Å². The van der Waals surface area contributed by atoms with Gasteiger partial charge in [0.2, 0.25) is 0 Å². The molecule has 9 heteroatoms. The number of nitrogens with one attached hydrogen (secondary N) is 1. The van der Waals surface area contributed by atoms with Gasteiger partial charge in [0.05, 0.1) is 10.6 Å². The molecule has 0 aliphatic carbocycles. The Labute approximate surface area is 139 Å². The molecule has 1 N–H and O–H groups in total. The van der Waals surface area contributed by atoms with Crippen LogP contribution in [-0.4, -0.2) is 22.2 Å². The number of anilines is 1. The third-order valence-corrected chi connectivity index (χ3v) is 3.62. The van der Waals surface area contributed by atoms with Crippen molar-refractivity contribution >= 4 is 29.0 Å². The van der Waals surface area contributed by atoms with Gasteiger partial charge in [0, 0.05) is 5.56 Å². The van der Waals surface area contributed by atoms with E-state index in [1.54, 1.807) is 0 Å². The van der Waals surface area contributed by atoms with Crippen LogP contribution in [0.5, 0.6) is 0 Å². The first-order chi connectivity index (χ1) is 10.6. The molecular formula is C14H11Cl2F4N3. The van der Waals surface area contributed by atoms with Crippen LogP contribution >= 0.6 is 23.2 Å². The second-order valence-electron chi connectivity index (χ2n) is 4.79. The fraction of sp³-hybridized carbons (Fsp3) is 0.286. The van der Waals surface area contributed by atoms with Crippen molar-refractivity contribution in [2.45, 2.75) is 26.1 Å². The van der Waals surface area contributed by atoms with Crippen LogP contribution in [0.25, 0.3) is 11.1 Å². The molecule has 0 aliphatic rings. The van der Waals surface area contributed by atoms with Gasteiger partial charge < -0.3 is 5.32 Å². The fourth-order valence-electron chi connectivity index (χ4n) is 1.89. The first kappa shape index (κ1) is 17.7. The molecule has 0 spiro atoms. The third kappa shape index (κ3) is 3.84. The van der Waals surface area contributed by atoms with Gasteiger partial charge in [-0.25, -0.2) is 14.4 Å². The van der Waals surface area contributed by atoms with Gasteiger partial charge in [-0.3, -0.25) is 0 Å². The lowest BCUT2D eigenvalue weighted by Gasteiger charge is -2.21. The second kappa shape index (κ2) is 6.49. The summed E-state index contributed by atoms with van der Waals surface area (Å²) in [6.45, 7) is 2.38. The van der Waals surface area contributed by atoms with Crippen molar-refractivity contribution in [1.29, 1.82) is 0 Å². The summed E-state index contributed by atoms with van der Waals surface area (Å²) >= 11 is 12.0. The number of aromatic nitrogens is 2. The number of rotatable bonds is 3. The highest BCUT2D eigenvalue weighted by Gasteiger charge is 2.37. The Morgan fingerprint density at radius 1 is 1.13 bits per heavy atom. The van der Waals surface area contributed by atoms with Gasteiger partial charge in [-0.15, -0.1) is 0 Å². The van der Waals surface area contributed by atoms with Crippen molar-refractivity contribution in [2.75, 3.05) is 5.32 Å². The summed E-state index contributed by atoms with van der Waals surface area (Å²) in [6.07, 6.45) is -4.51. The molecule has 3 nitrogen and oxygen atoms in total. The maximum atomic E-state index is 14.1. The summed E-state index contributed by atoms with van der Waals surface area (Å²) in [5, 5.41) is 1.99. The lowest BCUT2D eigenvalue weighted by atomic mass is 10.1. The molecule has 2 rings (SSSR count). The van der Waals surface area contributed by atoms with Crippen LogP contribution in [-0.2, 0) is 0 Å². The van der Waals surface area contributed by atoms with Crippen LogP contribution in [0.15, 0.2) is 18.2 Å². The molecule has 0 saturated heterocycles. The van der Waals surface area contributed by atoms with Crippen molar-refractivity contribution in [1.82, 2.24) is 9.97 Å². The average molecular weight is 368 g/mol. The SMILES string of the molecule is Cc1nc(Cl)c(-c2c(F)cccc2Cl)c(N[C@@H](C)C(F)(F)F)n1. The van der Waals surface area contributed by atoms with Crippen LogP contribution in [0.4, 0.5) is 23.4 Å². The van der Waals surface area contributed by atoms with E-state index in [0.717, 1.165) is 13.0 Å². The topological polar surface area (TPSA) is 37.8 Å². The van der Waals surface area contributed by atoms with Gasteiger partial charge in [-0.05, 0) is 26.0 Å². The van der Waals surface area contributed by atoms with Crippen LogP contribution in [0.2, 0.25) is 10.2 Å². The molecule has 0 saturated carbocycles. The molecule has 1 aromatic heterocycles. The van der Waals surface area contributed by atoms with E-state index in [9.17, 15) is 17.6 Å². The summed E-state index contributed by atoms with van der Waals surface area (Å²) in [5.41, 5.74) is -0.271.